The van der Waals surface area contributed by atoms with Gasteiger partial charge in [0.05, 0.1) is 0 Å². The molecule has 0 aliphatic heterocycles. The van der Waals surface area contributed by atoms with Gasteiger partial charge in [0.2, 0.25) is 0 Å². The summed E-state index contributed by atoms with van der Waals surface area (Å²) < 4.78 is 4.61. The first kappa shape index (κ1) is 30.9. The van der Waals surface area contributed by atoms with Crippen LogP contribution in [0.2, 0.25) is 0 Å². The molecular weight excluding hydrogens is 528 g/mol. The molecule has 0 radical (unpaired) electrons. The lowest BCUT2D eigenvalue weighted by Gasteiger charge is -2.10. The van der Waals surface area contributed by atoms with Crippen LogP contribution in [0, 0.1) is 0 Å². The van der Waals surface area contributed by atoms with Crippen LogP contribution in [-0.4, -0.2) is 28.2 Å². The molecule has 0 N–H and O–H groups in total. The Morgan fingerprint density at radius 1 is 0.469 bits per heavy atom. The Hall–Kier alpha value is -1.14. The maximum absolute atomic E-state index is 2.31. The summed E-state index contributed by atoms with van der Waals surface area (Å²) in [6, 6.07) is 8.78. The van der Waals surface area contributed by atoms with Gasteiger partial charge in [0.1, 0.15) is 13.1 Å². The summed E-state index contributed by atoms with van der Waals surface area (Å²) in [6.45, 7) is 2.28. The molecule has 0 aromatic carbocycles. The Bertz CT molecular complexity index is 626. The number of hydrogen-bond donors (Lipinski definition) is 0. The molecule has 2 rings (SSSR count). The fourth-order valence-corrected chi connectivity index (χ4v) is 3.80. The molecule has 0 unspecified atom stereocenters. The van der Waals surface area contributed by atoms with Gasteiger partial charge in [-0.1, -0.05) is 38.5 Å². The van der Waals surface area contributed by atoms with Crippen LogP contribution < -0.4 is 52.9 Å². The molecule has 2 aromatic heterocycles. The zero-order valence-electron chi connectivity index (χ0n) is 20.6. The molecule has 0 aliphatic rings. The van der Waals surface area contributed by atoms with Gasteiger partial charge in [0, 0.05) is 76.7 Å². The summed E-state index contributed by atoms with van der Waals surface area (Å²) in [5, 5.41) is 0. The highest BCUT2D eigenvalue weighted by molar-refractivity contribution is 5.41. The van der Waals surface area contributed by atoms with Crippen molar-refractivity contribution in [3.05, 3.63) is 49.1 Å². The number of hydrogen-bond acceptors (Lipinski definition) is 2. The van der Waals surface area contributed by atoms with E-state index in [-0.39, 0.29) is 34.0 Å². The van der Waals surface area contributed by atoms with Crippen molar-refractivity contribution in [3.63, 3.8) is 0 Å². The number of rotatable bonds is 15. The highest BCUT2D eigenvalue weighted by Crippen LogP contribution is 2.11. The van der Waals surface area contributed by atoms with E-state index in [1.165, 1.54) is 75.6 Å². The molecule has 0 saturated carbocycles. The lowest BCUT2D eigenvalue weighted by Crippen LogP contribution is -3.00. The van der Waals surface area contributed by atoms with E-state index in [9.17, 15) is 0 Å². The second-order valence-electron chi connectivity index (χ2n) is 8.91. The standard InChI is InChI=1S/C26H44N4.2BrH/c1-27(2)25-15-21-29(22-16-25)19-13-11-9-7-5-6-8-10-12-14-20-30-23-17-26(18-24-30)28(3)4;;/h15-18,21-24H,5-14,19-20H2,1-4H3;2*1H/q+2;;/p-2. The molecule has 0 saturated heterocycles. The van der Waals surface area contributed by atoms with Crippen molar-refractivity contribution in [2.24, 2.45) is 0 Å². The Balaban J connectivity index is 0.00000480. The maximum atomic E-state index is 2.31. The van der Waals surface area contributed by atoms with Gasteiger partial charge in [-0.3, -0.25) is 0 Å². The summed E-state index contributed by atoms with van der Waals surface area (Å²) in [7, 11) is 8.35. The summed E-state index contributed by atoms with van der Waals surface area (Å²) in [5.41, 5.74) is 2.53. The van der Waals surface area contributed by atoms with Crippen LogP contribution in [0.3, 0.4) is 0 Å². The Morgan fingerprint density at radius 2 is 0.719 bits per heavy atom. The highest BCUT2D eigenvalue weighted by atomic mass is 79.9. The molecular formula is C26H44Br2N4. The third kappa shape index (κ3) is 12.8. The average molecular weight is 572 g/mol. The van der Waals surface area contributed by atoms with Gasteiger partial charge < -0.3 is 43.8 Å². The Kier molecular flexibility index (Phi) is 17.7. The first-order valence-electron chi connectivity index (χ1n) is 11.9. The lowest BCUT2D eigenvalue weighted by atomic mass is 10.1. The van der Waals surface area contributed by atoms with Crippen molar-refractivity contribution >= 4 is 11.4 Å². The van der Waals surface area contributed by atoms with Gasteiger partial charge in [-0.05, 0) is 12.8 Å². The monoisotopic (exact) mass is 570 g/mol. The summed E-state index contributed by atoms with van der Waals surface area (Å²) in [4.78, 5) is 4.29. The number of pyridine rings is 2. The lowest BCUT2D eigenvalue weighted by molar-refractivity contribution is -0.697. The number of anilines is 2. The third-order valence-corrected chi connectivity index (χ3v) is 5.86. The van der Waals surface area contributed by atoms with Gasteiger partial charge in [0.15, 0.2) is 24.8 Å². The second kappa shape index (κ2) is 18.3. The maximum Gasteiger partial charge on any atom is 0.170 e. The van der Waals surface area contributed by atoms with E-state index in [0.717, 1.165) is 13.1 Å². The number of nitrogens with zero attached hydrogens (tertiary/aromatic N) is 4. The SMILES string of the molecule is CN(C)c1cc[n+](CCCCCCCCCCCC[n+]2ccc(N(C)C)cc2)cc1.[Br-].[Br-]. The number of halogens is 2. The van der Waals surface area contributed by atoms with E-state index in [2.05, 4.69) is 96.2 Å². The Labute approximate surface area is 218 Å². The molecule has 0 spiro atoms. The molecule has 2 aromatic rings. The van der Waals surface area contributed by atoms with Crippen LogP contribution >= 0.6 is 0 Å². The fraction of sp³-hybridized carbons (Fsp3) is 0.615. The van der Waals surface area contributed by atoms with Gasteiger partial charge in [-0.25, -0.2) is 9.13 Å². The van der Waals surface area contributed by atoms with Crippen LogP contribution in [0.5, 0.6) is 0 Å². The highest BCUT2D eigenvalue weighted by Gasteiger charge is 2.03. The number of unbranched alkanes of at least 4 members (excludes halogenated alkanes) is 9. The van der Waals surface area contributed by atoms with E-state index in [4.69, 9.17) is 0 Å². The van der Waals surface area contributed by atoms with Crippen molar-refractivity contribution in [2.75, 3.05) is 38.0 Å². The van der Waals surface area contributed by atoms with Gasteiger partial charge in [-0.15, -0.1) is 0 Å². The molecule has 4 nitrogen and oxygen atoms in total. The second-order valence-corrected chi connectivity index (χ2v) is 8.91. The molecule has 0 aliphatic carbocycles. The largest absolute Gasteiger partial charge is 1.00 e. The average Bonchev–Trinajstić information content (AvgIpc) is 2.75. The van der Waals surface area contributed by atoms with Crippen LogP contribution in [-0.2, 0) is 13.1 Å². The molecule has 6 heteroatoms. The van der Waals surface area contributed by atoms with Gasteiger partial charge in [-0.2, -0.15) is 0 Å². The first-order chi connectivity index (χ1) is 14.6. The molecule has 2 heterocycles. The van der Waals surface area contributed by atoms with Gasteiger partial charge >= 0.3 is 0 Å². The fourth-order valence-electron chi connectivity index (χ4n) is 3.80. The third-order valence-electron chi connectivity index (χ3n) is 5.86. The molecule has 0 amide bonds. The number of aryl methyl sites for hydroxylation is 2. The quantitative estimate of drug-likeness (QED) is 0.201. The summed E-state index contributed by atoms with van der Waals surface area (Å²) in [5.74, 6) is 0. The van der Waals surface area contributed by atoms with E-state index >= 15 is 0 Å². The van der Waals surface area contributed by atoms with E-state index in [1.54, 1.807) is 0 Å². The van der Waals surface area contributed by atoms with Crippen molar-refractivity contribution in [2.45, 2.75) is 77.3 Å². The Morgan fingerprint density at radius 3 is 0.969 bits per heavy atom. The minimum absolute atomic E-state index is 0. The summed E-state index contributed by atoms with van der Waals surface area (Å²) >= 11 is 0. The summed E-state index contributed by atoms with van der Waals surface area (Å²) in [6.07, 6.45) is 22.5. The van der Waals surface area contributed by atoms with E-state index in [0.29, 0.717) is 0 Å². The van der Waals surface area contributed by atoms with Crippen molar-refractivity contribution in [3.8, 4) is 0 Å². The topological polar surface area (TPSA) is 14.2 Å². The predicted molar refractivity (Wildman–Crippen MR) is 128 cm³/mol. The number of aromatic nitrogens is 2. The zero-order valence-corrected chi connectivity index (χ0v) is 23.8. The molecule has 182 valence electrons. The molecule has 32 heavy (non-hydrogen) atoms. The van der Waals surface area contributed by atoms with E-state index in [1.807, 2.05) is 0 Å². The minimum atomic E-state index is 0. The first-order valence-corrected chi connectivity index (χ1v) is 11.9. The minimum Gasteiger partial charge on any atom is -1.00 e. The van der Waals surface area contributed by atoms with Crippen molar-refractivity contribution < 1.29 is 43.1 Å². The van der Waals surface area contributed by atoms with Crippen molar-refractivity contribution in [1.29, 1.82) is 0 Å². The van der Waals surface area contributed by atoms with Crippen LogP contribution in [0.15, 0.2) is 49.1 Å². The van der Waals surface area contributed by atoms with Crippen molar-refractivity contribution in [1.82, 2.24) is 0 Å². The van der Waals surface area contributed by atoms with Crippen LogP contribution in [0.1, 0.15) is 64.2 Å². The van der Waals surface area contributed by atoms with Gasteiger partial charge in [0.25, 0.3) is 0 Å². The zero-order chi connectivity index (χ0) is 21.6. The molecule has 0 atom stereocenters. The van der Waals surface area contributed by atoms with Crippen LogP contribution in [0.25, 0.3) is 0 Å². The predicted octanol–water partition coefficient (Wildman–Crippen LogP) is -0.997. The molecule has 0 bridgehead atoms. The van der Waals surface area contributed by atoms with E-state index < -0.39 is 0 Å². The smallest absolute Gasteiger partial charge is 0.170 e. The molecule has 0 fully saturated rings. The normalized spacial score (nSPS) is 10.2. The van der Waals surface area contributed by atoms with Crippen LogP contribution in [0.4, 0.5) is 11.4 Å².